The molecular weight excluding hydrogens is 368 g/mol. The molecule has 3 rings (SSSR count). The van der Waals surface area contributed by atoms with Crippen LogP contribution in [0.15, 0.2) is 59.5 Å². The van der Waals surface area contributed by atoms with E-state index in [0.29, 0.717) is 17.9 Å². The van der Waals surface area contributed by atoms with Crippen LogP contribution < -0.4 is 10.4 Å². The molecule has 6 nitrogen and oxygen atoms in total. The Labute approximate surface area is 170 Å². The summed E-state index contributed by atoms with van der Waals surface area (Å²) in [5.41, 5.74) is 3.62. The predicted molar refractivity (Wildman–Crippen MR) is 113 cm³/mol. The van der Waals surface area contributed by atoms with Crippen LogP contribution in [0.5, 0.6) is 5.75 Å². The van der Waals surface area contributed by atoms with Gasteiger partial charge in [-0.25, -0.2) is 9.59 Å². The summed E-state index contributed by atoms with van der Waals surface area (Å²) in [6, 6.07) is 14.8. The van der Waals surface area contributed by atoms with E-state index in [1.807, 2.05) is 47.2 Å². The zero-order chi connectivity index (χ0) is 20.8. The number of hydrogen-bond acceptors (Lipinski definition) is 3. The number of benzene rings is 2. The minimum absolute atomic E-state index is 0.0274. The fraction of sp³-hybridized carbons (Fsp3) is 0.304. The lowest BCUT2D eigenvalue weighted by atomic mass is 10.0. The highest BCUT2D eigenvalue weighted by atomic mass is 16.7. The number of para-hydroxylation sites is 1. The van der Waals surface area contributed by atoms with Gasteiger partial charge in [-0.1, -0.05) is 62.7 Å². The lowest BCUT2D eigenvalue weighted by Gasteiger charge is -2.10. The lowest BCUT2D eigenvalue weighted by molar-refractivity contribution is 0.144. The second-order valence-corrected chi connectivity index (χ2v) is 6.95. The van der Waals surface area contributed by atoms with E-state index in [0.717, 1.165) is 42.6 Å². The summed E-state index contributed by atoms with van der Waals surface area (Å²) in [6.07, 6.45) is 3.46. The average molecular weight is 394 g/mol. The Morgan fingerprint density at radius 1 is 1.07 bits per heavy atom. The summed E-state index contributed by atoms with van der Waals surface area (Å²) in [4.78, 5) is 23.7. The maximum Gasteiger partial charge on any atom is 0.511 e. The molecule has 0 spiro atoms. The Balaban J connectivity index is 1.85. The summed E-state index contributed by atoms with van der Waals surface area (Å²) in [7, 11) is 0. The summed E-state index contributed by atoms with van der Waals surface area (Å²) in [5.74, 6) is 0.297. The first-order valence-electron chi connectivity index (χ1n) is 9.91. The topological polar surface area (TPSA) is 73.5 Å². The van der Waals surface area contributed by atoms with E-state index >= 15 is 0 Å². The van der Waals surface area contributed by atoms with E-state index in [-0.39, 0.29) is 5.69 Å². The molecule has 29 heavy (non-hydrogen) atoms. The minimum atomic E-state index is -1.34. The Morgan fingerprint density at radius 3 is 2.45 bits per heavy atom. The van der Waals surface area contributed by atoms with Crippen molar-refractivity contribution in [2.24, 2.45) is 0 Å². The summed E-state index contributed by atoms with van der Waals surface area (Å²) in [6.45, 7) is 5.42. The fourth-order valence-corrected chi connectivity index (χ4v) is 3.38. The SMILES string of the molecule is CCCCn1cc(CC)n(Cc2ccc(-c3ccccc3OC(=O)O)cc2)c1=O. The van der Waals surface area contributed by atoms with Crippen molar-refractivity contribution in [3.63, 3.8) is 0 Å². The quantitative estimate of drug-likeness (QED) is 0.441. The number of hydrogen-bond donors (Lipinski definition) is 1. The van der Waals surface area contributed by atoms with Crippen LogP contribution in [-0.2, 0) is 19.5 Å². The Hall–Kier alpha value is -3.28. The summed E-state index contributed by atoms with van der Waals surface area (Å²) < 4.78 is 8.50. The van der Waals surface area contributed by atoms with Crippen molar-refractivity contribution >= 4 is 6.16 Å². The summed E-state index contributed by atoms with van der Waals surface area (Å²) >= 11 is 0. The van der Waals surface area contributed by atoms with Crippen LogP contribution in [0.1, 0.15) is 37.9 Å². The second kappa shape index (κ2) is 9.28. The smallest absolute Gasteiger partial charge is 0.449 e. The van der Waals surface area contributed by atoms with E-state index < -0.39 is 6.16 Å². The van der Waals surface area contributed by atoms with E-state index in [1.165, 1.54) is 0 Å². The van der Waals surface area contributed by atoms with Crippen LogP contribution in [0.2, 0.25) is 0 Å². The zero-order valence-electron chi connectivity index (χ0n) is 16.8. The number of unbranched alkanes of at least 4 members (excludes halogenated alkanes) is 1. The molecule has 0 aliphatic carbocycles. The van der Waals surface area contributed by atoms with Crippen molar-refractivity contribution in [3.8, 4) is 16.9 Å². The number of carbonyl (C=O) groups is 1. The van der Waals surface area contributed by atoms with Crippen molar-refractivity contribution < 1.29 is 14.6 Å². The molecule has 0 atom stereocenters. The van der Waals surface area contributed by atoms with Crippen LogP contribution in [-0.4, -0.2) is 20.4 Å². The highest BCUT2D eigenvalue weighted by Crippen LogP contribution is 2.30. The number of aryl methyl sites for hydroxylation is 2. The maximum atomic E-state index is 12.7. The van der Waals surface area contributed by atoms with Gasteiger partial charge < -0.3 is 9.84 Å². The highest BCUT2D eigenvalue weighted by molar-refractivity contribution is 5.74. The Morgan fingerprint density at radius 2 is 1.79 bits per heavy atom. The molecule has 6 heteroatoms. The molecule has 0 aliphatic heterocycles. The van der Waals surface area contributed by atoms with Crippen LogP contribution in [0.3, 0.4) is 0 Å². The molecular formula is C23H26N2O4. The predicted octanol–water partition coefficient (Wildman–Crippen LogP) is 4.78. The molecule has 1 N–H and O–H groups in total. The van der Waals surface area contributed by atoms with Gasteiger partial charge in [-0.3, -0.25) is 9.13 Å². The van der Waals surface area contributed by atoms with Gasteiger partial charge in [0.1, 0.15) is 5.75 Å². The van der Waals surface area contributed by atoms with Crippen molar-refractivity contribution in [1.29, 1.82) is 0 Å². The molecule has 0 aliphatic rings. The lowest BCUT2D eigenvalue weighted by Crippen LogP contribution is -2.25. The van der Waals surface area contributed by atoms with Crippen molar-refractivity contribution in [3.05, 3.63) is 76.5 Å². The molecule has 1 heterocycles. The zero-order valence-corrected chi connectivity index (χ0v) is 16.8. The van der Waals surface area contributed by atoms with Crippen LogP contribution in [0, 0.1) is 0 Å². The molecule has 1 aromatic heterocycles. The van der Waals surface area contributed by atoms with E-state index in [2.05, 4.69) is 13.8 Å². The number of ether oxygens (including phenoxy) is 1. The van der Waals surface area contributed by atoms with Gasteiger partial charge in [0, 0.05) is 24.0 Å². The van der Waals surface area contributed by atoms with Crippen molar-refractivity contribution in [2.75, 3.05) is 0 Å². The first-order chi connectivity index (χ1) is 14.0. The molecule has 3 aromatic rings. The van der Waals surface area contributed by atoms with Gasteiger partial charge in [0.2, 0.25) is 0 Å². The van der Waals surface area contributed by atoms with E-state index in [9.17, 15) is 9.59 Å². The van der Waals surface area contributed by atoms with E-state index in [4.69, 9.17) is 9.84 Å². The van der Waals surface area contributed by atoms with Gasteiger partial charge in [0.05, 0.1) is 6.54 Å². The van der Waals surface area contributed by atoms with Gasteiger partial charge in [-0.2, -0.15) is 0 Å². The number of carboxylic acid groups (broad SMARTS) is 1. The molecule has 152 valence electrons. The molecule has 0 radical (unpaired) electrons. The van der Waals surface area contributed by atoms with E-state index in [1.54, 1.807) is 16.7 Å². The van der Waals surface area contributed by atoms with Gasteiger partial charge in [0.15, 0.2) is 0 Å². The molecule has 0 amide bonds. The third-order valence-electron chi connectivity index (χ3n) is 4.93. The number of rotatable bonds is 8. The second-order valence-electron chi connectivity index (χ2n) is 6.95. The molecule has 0 saturated carbocycles. The summed E-state index contributed by atoms with van der Waals surface area (Å²) in [5, 5.41) is 8.92. The van der Waals surface area contributed by atoms with Gasteiger partial charge in [-0.15, -0.1) is 0 Å². The molecule has 2 aromatic carbocycles. The highest BCUT2D eigenvalue weighted by Gasteiger charge is 2.12. The maximum absolute atomic E-state index is 12.7. The monoisotopic (exact) mass is 394 g/mol. The molecule has 0 bridgehead atoms. The number of nitrogens with zero attached hydrogens (tertiary/aromatic N) is 2. The largest absolute Gasteiger partial charge is 0.511 e. The van der Waals surface area contributed by atoms with Crippen LogP contribution in [0.25, 0.3) is 11.1 Å². The fourth-order valence-electron chi connectivity index (χ4n) is 3.38. The van der Waals surface area contributed by atoms with Crippen molar-refractivity contribution in [2.45, 2.75) is 46.2 Å². The third kappa shape index (κ3) is 4.77. The van der Waals surface area contributed by atoms with Gasteiger partial charge in [0.25, 0.3) is 0 Å². The Kier molecular flexibility index (Phi) is 6.54. The molecule has 0 saturated heterocycles. The molecule has 0 unspecified atom stereocenters. The third-order valence-corrected chi connectivity index (χ3v) is 4.93. The van der Waals surface area contributed by atoms with Gasteiger partial charge in [-0.05, 0) is 30.0 Å². The minimum Gasteiger partial charge on any atom is -0.449 e. The average Bonchev–Trinajstić information content (AvgIpc) is 3.02. The van der Waals surface area contributed by atoms with Crippen LogP contribution >= 0.6 is 0 Å². The Bertz CT molecular complexity index is 1030. The number of aromatic nitrogens is 2. The standard InChI is InChI=1S/C23H26N2O4/c1-3-5-14-24-16-19(4-2)25(22(24)26)15-17-10-12-18(13-11-17)20-8-6-7-9-21(20)29-23(27)28/h6-13,16H,3-5,14-15H2,1-2H3,(H,27,28). The first kappa shape index (κ1) is 20.5. The normalized spacial score (nSPS) is 10.8. The molecule has 0 fully saturated rings. The van der Waals surface area contributed by atoms with Crippen molar-refractivity contribution in [1.82, 2.24) is 9.13 Å². The first-order valence-corrected chi connectivity index (χ1v) is 9.91. The van der Waals surface area contributed by atoms with Crippen LogP contribution in [0.4, 0.5) is 4.79 Å². The number of imidazole rings is 1. The van der Waals surface area contributed by atoms with Gasteiger partial charge >= 0.3 is 11.8 Å².